The molecule has 0 fully saturated rings. The van der Waals surface area contributed by atoms with Gasteiger partial charge >= 0.3 is 0 Å². The molecule has 0 unspecified atom stereocenters. The quantitative estimate of drug-likeness (QED) is 0.283. The van der Waals surface area contributed by atoms with Crippen molar-refractivity contribution in [2.45, 2.75) is 13.8 Å². The fourth-order valence-electron chi connectivity index (χ4n) is 4.27. The van der Waals surface area contributed by atoms with Crippen LogP contribution in [0.1, 0.15) is 33.9 Å². The Kier molecular flexibility index (Phi) is 4.55. The van der Waals surface area contributed by atoms with Gasteiger partial charge in [-0.15, -0.1) is 0 Å². The molecule has 0 N–H and O–H groups in total. The number of rotatable bonds is 2. The van der Waals surface area contributed by atoms with E-state index in [1.165, 1.54) is 11.1 Å². The summed E-state index contributed by atoms with van der Waals surface area (Å²) < 4.78 is 6.55. The molecule has 0 atom stereocenters. The highest BCUT2D eigenvalue weighted by atomic mass is 16.3. The van der Waals surface area contributed by atoms with Gasteiger partial charge in [0.2, 0.25) is 0 Å². The van der Waals surface area contributed by atoms with Crippen LogP contribution in [0.15, 0.2) is 77.2 Å². The molecular weight excluding hydrogens is 404 g/mol. The summed E-state index contributed by atoms with van der Waals surface area (Å²) in [4.78, 5) is 9.76. The van der Waals surface area contributed by atoms with Gasteiger partial charge in [0, 0.05) is 0 Å². The first-order chi connectivity index (χ1) is 16.1. The second-order valence-corrected chi connectivity index (χ2v) is 8.49. The van der Waals surface area contributed by atoms with E-state index in [-0.39, 0.29) is 0 Å². The predicted octanol–water partition coefficient (Wildman–Crippen LogP) is 7.83. The summed E-state index contributed by atoms with van der Waals surface area (Å²) in [6, 6.07) is 25.1. The number of nitrogens with zero attached hydrogens (tertiary/aromatic N) is 2. The van der Waals surface area contributed by atoms with E-state index in [0.29, 0.717) is 0 Å². The Morgan fingerprint density at radius 3 is 1.33 bits per heavy atom. The van der Waals surface area contributed by atoms with Crippen molar-refractivity contribution in [2.24, 2.45) is 0 Å². The number of furan rings is 1. The first kappa shape index (κ1) is 19.4. The summed E-state index contributed by atoms with van der Waals surface area (Å²) >= 11 is 0. The fourth-order valence-corrected chi connectivity index (χ4v) is 4.27. The molecule has 0 spiro atoms. The molecule has 2 aromatic heterocycles. The number of hydrogen-bond donors (Lipinski definition) is 0. The van der Waals surface area contributed by atoms with Gasteiger partial charge in [0.15, 0.2) is 0 Å². The van der Waals surface area contributed by atoms with Crippen LogP contribution < -0.4 is 0 Å². The molecule has 2 aliphatic rings. The van der Waals surface area contributed by atoms with E-state index < -0.39 is 0 Å². The number of hydrogen-bond acceptors (Lipinski definition) is 3. The maximum Gasteiger partial charge on any atom is 0.137 e. The third-order valence-corrected chi connectivity index (χ3v) is 6.04. The maximum atomic E-state index is 6.55. The lowest BCUT2D eigenvalue weighted by Gasteiger charge is -2.05. The zero-order valence-electron chi connectivity index (χ0n) is 18.5. The lowest BCUT2D eigenvalue weighted by atomic mass is 10.0. The first-order valence-corrected chi connectivity index (χ1v) is 11.1. The van der Waals surface area contributed by atoms with Gasteiger partial charge in [-0.05, 0) is 73.5 Å². The van der Waals surface area contributed by atoms with Gasteiger partial charge in [-0.1, -0.05) is 59.7 Å². The largest absolute Gasteiger partial charge is 0.456 e. The summed E-state index contributed by atoms with van der Waals surface area (Å²) in [5, 5.41) is 0. The molecule has 3 nitrogen and oxygen atoms in total. The van der Waals surface area contributed by atoms with E-state index in [1.807, 2.05) is 36.4 Å². The summed E-state index contributed by atoms with van der Waals surface area (Å²) in [7, 11) is 0. The monoisotopic (exact) mass is 426 g/mol. The molecule has 4 aromatic rings. The van der Waals surface area contributed by atoms with Crippen molar-refractivity contribution in [3.05, 3.63) is 107 Å². The van der Waals surface area contributed by atoms with Crippen LogP contribution in [0.3, 0.4) is 0 Å². The molecule has 6 bridgehead atoms. The highest BCUT2D eigenvalue weighted by molar-refractivity contribution is 5.93. The highest BCUT2D eigenvalue weighted by Crippen LogP contribution is 2.35. The summed E-state index contributed by atoms with van der Waals surface area (Å²) in [5.74, 6) is 0. The second kappa shape index (κ2) is 7.72. The van der Waals surface area contributed by atoms with Crippen LogP contribution in [-0.4, -0.2) is 9.97 Å². The SMILES string of the molecule is Cc1ccc(-c2c3nc(ccc4nc(c(-c5ccc(C)cc5)c5ccc2o5)C=C4)C=C3)cc1. The standard InChI is InChI=1S/C30H22N2O/c1-19-3-7-21(8-4-19)29-25-15-13-23(31-25)11-12-24-14-16-26(32-24)30(28-18-17-27(29)33-28)22-9-5-20(2)6-10-22/h3-18H,1-2H3. The number of aryl methyl sites for hydroxylation is 2. The topological polar surface area (TPSA) is 38.9 Å². The molecule has 6 rings (SSSR count). The van der Waals surface area contributed by atoms with Crippen molar-refractivity contribution in [3.63, 3.8) is 0 Å². The van der Waals surface area contributed by atoms with Crippen LogP contribution in [0.4, 0.5) is 0 Å². The van der Waals surface area contributed by atoms with E-state index in [1.54, 1.807) is 0 Å². The molecule has 0 amide bonds. The summed E-state index contributed by atoms with van der Waals surface area (Å²) in [6.45, 7) is 4.19. The van der Waals surface area contributed by atoms with Gasteiger partial charge in [-0.25, -0.2) is 9.97 Å². The van der Waals surface area contributed by atoms with E-state index in [9.17, 15) is 0 Å². The van der Waals surface area contributed by atoms with Gasteiger partial charge in [-0.3, -0.25) is 0 Å². The third kappa shape index (κ3) is 3.58. The van der Waals surface area contributed by atoms with Crippen LogP contribution in [0.5, 0.6) is 0 Å². The zero-order valence-corrected chi connectivity index (χ0v) is 18.5. The second-order valence-electron chi connectivity index (χ2n) is 8.49. The van der Waals surface area contributed by atoms with Crippen molar-refractivity contribution in [2.75, 3.05) is 0 Å². The van der Waals surface area contributed by atoms with Gasteiger partial charge in [0.25, 0.3) is 0 Å². The Morgan fingerprint density at radius 1 is 0.485 bits per heavy atom. The Bertz CT molecular complexity index is 1440. The minimum Gasteiger partial charge on any atom is -0.456 e. The minimum absolute atomic E-state index is 0.790. The van der Waals surface area contributed by atoms with Gasteiger partial charge in [0.05, 0.1) is 33.9 Å². The molecule has 3 heteroatoms. The van der Waals surface area contributed by atoms with Crippen molar-refractivity contribution in [1.82, 2.24) is 9.97 Å². The van der Waals surface area contributed by atoms with Gasteiger partial charge < -0.3 is 4.42 Å². The smallest absolute Gasteiger partial charge is 0.137 e. The maximum absolute atomic E-state index is 6.55. The molecule has 0 aliphatic carbocycles. The molecule has 158 valence electrons. The lowest BCUT2D eigenvalue weighted by Crippen LogP contribution is -1.85. The van der Waals surface area contributed by atoms with Crippen LogP contribution in [0.2, 0.25) is 0 Å². The normalized spacial score (nSPS) is 12.3. The van der Waals surface area contributed by atoms with Crippen molar-refractivity contribution in [3.8, 4) is 22.3 Å². The predicted molar refractivity (Wildman–Crippen MR) is 136 cm³/mol. The van der Waals surface area contributed by atoms with Crippen LogP contribution in [-0.2, 0) is 0 Å². The van der Waals surface area contributed by atoms with Gasteiger partial charge in [0.1, 0.15) is 11.2 Å². The average molecular weight is 427 g/mol. The van der Waals surface area contributed by atoms with Crippen LogP contribution >= 0.6 is 0 Å². The van der Waals surface area contributed by atoms with Crippen LogP contribution in [0.25, 0.3) is 57.7 Å². The van der Waals surface area contributed by atoms with Crippen molar-refractivity contribution >= 4 is 35.5 Å². The third-order valence-electron chi connectivity index (χ3n) is 6.04. The summed E-state index contributed by atoms with van der Waals surface area (Å²) in [6.07, 6.45) is 8.17. The van der Waals surface area contributed by atoms with E-state index in [4.69, 9.17) is 14.4 Å². The number of benzene rings is 2. The minimum atomic E-state index is 0.790. The zero-order chi connectivity index (χ0) is 22.4. The fraction of sp³-hybridized carbons (Fsp3) is 0.0667. The highest BCUT2D eigenvalue weighted by Gasteiger charge is 2.15. The van der Waals surface area contributed by atoms with Crippen molar-refractivity contribution < 1.29 is 4.42 Å². The average Bonchev–Trinajstić information content (AvgIpc) is 3.58. The van der Waals surface area contributed by atoms with E-state index in [0.717, 1.165) is 56.2 Å². The molecule has 2 aliphatic heterocycles. The van der Waals surface area contributed by atoms with E-state index >= 15 is 0 Å². The Morgan fingerprint density at radius 2 is 0.909 bits per heavy atom. The number of fused-ring (bicyclic) bond motifs is 6. The van der Waals surface area contributed by atoms with Crippen molar-refractivity contribution in [1.29, 1.82) is 0 Å². The first-order valence-electron chi connectivity index (χ1n) is 11.1. The molecular formula is C30H22N2O. The molecule has 0 saturated heterocycles. The number of aromatic nitrogens is 2. The lowest BCUT2D eigenvalue weighted by molar-refractivity contribution is 0.667. The Labute approximate surface area is 192 Å². The molecule has 33 heavy (non-hydrogen) atoms. The van der Waals surface area contributed by atoms with Crippen LogP contribution in [0, 0.1) is 13.8 Å². The molecule has 4 heterocycles. The molecule has 2 aromatic carbocycles. The molecule has 0 saturated carbocycles. The molecule has 0 radical (unpaired) electrons. The Balaban J connectivity index is 1.73. The summed E-state index contributed by atoms with van der Waals surface area (Å²) in [5.41, 5.74) is 11.7. The van der Waals surface area contributed by atoms with E-state index in [2.05, 4.69) is 74.5 Å². The van der Waals surface area contributed by atoms with Gasteiger partial charge in [-0.2, -0.15) is 0 Å². The Hall–Kier alpha value is -4.24.